The maximum atomic E-state index is 12.1. The molecule has 1 fully saturated rings. The molecule has 1 aliphatic heterocycles. The van der Waals surface area contributed by atoms with Crippen LogP contribution in [0.2, 0.25) is 0 Å². The Kier molecular flexibility index (Phi) is 4.74. The van der Waals surface area contributed by atoms with Gasteiger partial charge in [-0.2, -0.15) is 0 Å². The van der Waals surface area contributed by atoms with E-state index < -0.39 is 0 Å². The summed E-state index contributed by atoms with van der Waals surface area (Å²) < 4.78 is 5.12. The molecule has 1 heterocycles. The predicted molar refractivity (Wildman–Crippen MR) is 77.0 cm³/mol. The Balaban J connectivity index is 1.95. The van der Waals surface area contributed by atoms with Crippen LogP contribution < -0.4 is 5.32 Å². The molecule has 1 atom stereocenters. The molecule has 0 spiro atoms. The third kappa shape index (κ3) is 3.57. The fourth-order valence-corrected chi connectivity index (χ4v) is 2.41. The van der Waals surface area contributed by atoms with Gasteiger partial charge in [0.05, 0.1) is 6.61 Å². The molecule has 5 heteroatoms. The summed E-state index contributed by atoms with van der Waals surface area (Å²) in [5.74, 6) is 0.400. The Labute approximate surface area is 118 Å². The zero-order chi connectivity index (χ0) is 14.5. The van der Waals surface area contributed by atoms with Crippen LogP contribution in [0, 0.1) is 5.92 Å². The number of ether oxygens (including phenoxy) is 1. The highest BCUT2D eigenvalue weighted by Crippen LogP contribution is 2.18. The molecule has 5 nitrogen and oxygen atoms in total. The van der Waals surface area contributed by atoms with E-state index in [2.05, 4.69) is 5.32 Å². The fourth-order valence-electron chi connectivity index (χ4n) is 2.41. The molecule has 1 aromatic carbocycles. The van der Waals surface area contributed by atoms with Crippen molar-refractivity contribution in [3.63, 3.8) is 0 Å². The van der Waals surface area contributed by atoms with Gasteiger partial charge in [0.1, 0.15) is 0 Å². The summed E-state index contributed by atoms with van der Waals surface area (Å²) in [7, 11) is 1.68. The number of methoxy groups -OCH3 is 1. The third-order valence-electron chi connectivity index (χ3n) is 3.50. The third-order valence-corrected chi connectivity index (χ3v) is 3.50. The molecule has 0 bridgehead atoms. The Morgan fingerprint density at radius 1 is 1.45 bits per heavy atom. The van der Waals surface area contributed by atoms with Gasteiger partial charge < -0.3 is 15.0 Å². The van der Waals surface area contributed by atoms with Gasteiger partial charge in [0.25, 0.3) is 0 Å². The molecule has 1 N–H and O–H groups in total. The number of urea groups is 1. The van der Waals surface area contributed by atoms with Gasteiger partial charge in [-0.1, -0.05) is 12.1 Å². The van der Waals surface area contributed by atoms with Crippen molar-refractivity contribution in [1.29, 1.82) is 0 Å². The van der Waals surface area contributed by atoms with E-state index >= 15 is 0 Å². The first-order chi connectivity index (χ1) is 9.60. The van der Waals surface area contributed by atoms with E-state index in [1.165, 1.54) is 6.92 Å². The van der Waals surface area contributed by atoms with Crippen molar-refractivity contribution < 1.29 is 14.3 Å². The number of carbonyl (C=O) groups excluding carboxylic acids is 2. The molecule has 0 saturated carbocycles. The van der Waals surface area contributed by atoms with Crippen LogP contribution in [-0.4, -0.2) is 43.5 Å². The van der Waals surface area contributed by atoms with Crippen molar-refractivity contribution >= 4 is 17.5 Å². The smallest absolute Gasteiger partial charge is 0.321 e. The van der Waals surface area contributed by atoms with E-state index in [1.807, 2.05) is 0 Å². The summed E-state index contributed by atoms with van der Waals surface area (Å²) in [5.41, 5.74) is 1.25. The number of amides is 2. The lowest BCUT2D eigenvalue weighted by atomic mass is 10.1. The van der Waals surface area contributed by atoms with E-state index in [-0.39, 0.29) is 11.8 Å². The highest BCUT2D eigenvalue weighted by molar-refractivity contribution is 5.96. The molecule has 1 unspecified atom stereocenters. The van der Waals surface area contributed by atoms with Gasteiger partial charge in [-0.25, -0.2) is 4.79 Å². The number of Topliss-reactive ketones (excluding diaryl/α,β-unsaturated/α-hetero) is 1. The molecular formula is C15H20N2O3. The summed E-state index contributed by atoms with van der Waals surface area (Å²) in [6, 6.07) is 6.87. The van der Waals surface area contributed by atoms with Gasteiger partial charge in [0, 0.05) is 37.4 Å². The Hall–Kier alpha value is -1.88. The minimum absolute atomic E-state index is 0.0116. The molecule has 108 valence electrons. The summed E-state index contributed by atoms with van der Waals surface area (Å²) >= 11 is 0. The number of anilines is 1. The predicted octanol–water partition coefficient (Wildman–Crippen LogP) is 2.39. The van der Waals surface area contributed by atoms with Gasteiger partial charge in [-0.15, -0.1) is 0 Å². The normalized spacial score (nSPS) is 18.1. The average Bonchev–Trinajstić information content (AvgIpc) is 2.88. The summed E-state index contributed by atoms with van der Waals surface area (Å²) in [6.45, 7) is 3.65. The van der Waals surface area contributed by atoms with Gasteiger partial charge in [0.2, 0.25) is 0 Å². The van der Waals surface area contributed by atoms with Crippen LogP contribution in [0.25, 0.3) is 0 Å². The highest BCUT2D eigenvalue weighted by Gasteiger charge is 2.26. The molecule has 2 amide bonds. The number of rotatable bonds is 4. The Morgan fingerprint density at radius 3 is 2.95 bits per heavy atom. The molecule has 0 radical (unpaired) electrons. The van der Waals surface area contributed by atoms with E-state index in [0.29, 0.717) is 30.3 Å². The van der Waals surface area contributed by atoms with Crippen molar-refractivity contribution in [1.82, 2.24) is 4.90 Å². The molecule has 1 aliphatic rings. The maximum absolute atomic E-state index is 12.1. The van der Waals surface area contributed by atoms with Crippen molar-refractivity contribution in [2.75, 3.05) is 32.1 Å². The number of hydrogen-bond acceptors (Lipinski definition) is 3. The quantitative estimate of drug-likeness (QED) is 0.859. The first kappa shape index (κ1) is 14.5. The topological polar surface area (TPSA) is 58.6 Å². The minimum atomic E-state index is -0.121. The zero-order valence-corrected chi connectivity index (χ0v) is 11.9. The molecule has 20 heavy (non-hydrogen) atoms. The standard InChI is InChI=1S/C15H20N2O3/c1-11(18)13-4-3-5-14(8-13)16-15(19)17-7-6-12(9-17)10-20-2/h3-5,8,12H,6-7,9-10H2,1-2H3,(H,16,19). The van der Waals surface area contributed by atoms with E-state index in [4.69, 9.17) is 4.74 Å². The number of nitrogens with one attached hydrogen (secondary N) is 1. The van der Waals surface area contributed by atoms with Crippen molar-refractivity contribution in [2.45, 2.75) is 13.3 Å². The molecule has 2 rings (SSSR count). The number of nitrogens with zero attached hydrogens (tertiary/aromatic N) is 1. The monoisotopic (exact) mass is 276 g/mol. The van der Waals surface area contributed by atoms with Gasteiger partial charge >= 0.3 is 6.03 Å². The maximum Gasteiger partial charge on any atom is 0.321 e. The summed E-state index contributed by atoms with van der Waals surface area (Å²) in [4.78, 5) is 25.2. The Bertz CT molecular complexity index is 502. The first-order valence-corrected chi connectivity index (χ1v) is 6.76. The molecule has 0 aromatic heterocycles. The van der Waals surface area contributed by atoms with Crippen molar-refractivity contribution in [3.8, 4) is 0 Å². The SMILES string of the molecule is COCC1CCN(C(=O)Nc2cccc(C(C)=O)c2)C1. The van der Waals surface area contributed by atoms with Gasteiger partial charge in [0.15, 0.2) is 5.78 Å². The number of carbonyl (C=O) groups is 2. The highest BCUT2D eigenvalue weighted by atomic mass is 16.5. The van der Waals surface area contributed by atoms with E-state index in [1.54, 1.807) is 36.3 Å². The van der Waals surface area contributed by atoms with Crippen LogP contribution in [-0.2, 0) is 4.74 Å². The second kappa shape index (κ2) is 6.52. The van der Waals surface area contributed by atoms with Crippen molar-refractivity contribution in [3.05, 3.63) is 29.8 Å². The van der Waals surface area contributed by atoms with Crippen LogP contribution in [0.5, 0.6) is 0 Å². The summed E-state index contributed by atoms with van der Waals surface area (Å²) in [5, 5.41) is 2.84. The zero-order valence-electron chi connectivity index (χ0n) is 11.9. The van der Waals surface area contributed by atoms with Crippen LogP contribution in [0.4, 0.5) is 10.5 Å². The lowest BCUT2D eigenvalue weighted by Gasteiger charge is -2.17. The van der Waals surface area contributed by atoms with Crippen LogP contribution >= 0.6 is 0 Å². The number of ketones is 1. The fraction of sp³-hybridized carbons (Fsp3) is 0.467. The lowest BCUT2D eigenvalue weighted by Crippen LogP contribution is -2.33. The first-order valence-electron chi connectivity index (χ1n) is 6.76. The van der Waals surface area contributed by atoms with Crippen LogP contribution in [0.15, 0.2) is 24.3 Å². The largest absolute Gasteiger partial charge is 0.384 e. The van der Waals surface area contributed by atoms with Crippen LogP contribution in [0.3, 0.4) is 0 Å². The average molecular weight is 276 g/mol. The summed E-state index contributed by atoms with van der Waals surface area (Å²) in [6.07, 6.45) is 0.967. The number of likely N-dealkylation sites (tertiary alicyclic amines) is 1. The number of benzene rings is 1. The molecule has 1 aromatic rings. The molecule has 1 saturated heterocycles. The van der Waals surface area contributed by atoms with E-state index in [9.17, 15) is 9.59 Å². The molecule has 0 aliphatic carbocycles. The van der Waals surface area contributed by atoms with E-state index in [0.717, 1.165) is 13.0 Å². The lowest BCUT2D eigenvalue weighted by molar-refractivity contribution is 0.101. The van der Waals surface area contributed by atoms with Gasteiger partial charge in [-0.3, -0.25) is 4.79 Å². The van der Waals surface area contributed by atoms with Crippen LogP contribution in [0.1, 0.15) is 23.7 Å². The second-order valence-electron chi connectivity index (χ2n) is 5.12. The minimum Gasteiger partial charge on any atom is -0.384 e. The van der Waals surface area contributed by atoms with Gasteiger partial charge in [-0.05, 0) is 25.5 Å². The number of hydrogen-bond donors (Lipinski definition) is 1. The Morgan fingerprint density at radius 2 is 2.25 bits per heavy atom. The molecular weight excluding hydrogens is 256 g/mol. The van der Waals surface area contributed by atoms with Crippen molar-refractivity contribution in [2.24, 2.45) is 5.92 Å². The second-order valence-corrected chi connectivity index (χ2v) is 5.12.